The average molecular weight is 417 g/mol. The van der Waals surface area contributed by atoms with E-state index in [-0.39, 0.29) is 22.9 Å². The summed E-state index contributed by atoms with van der Waals surface area (Å²) in [6.45, 7) is 3.16. The second kappa shape index (κ2) is 8.07. The highest BCUT2D eigenvalue weighted by Crippen LogP contribution is 2.29. The fourth-order valence-electron chi connectivity index (χ4n) is 3.74. The molecule has 1 heterocycles. The molecule has 0 aliphatic heterocycles. The molecule has 4 aromatic rings. The standard InChI is InChI=1S/C25H20FNO4/c1-15-13-22(16(2)27(15)19-10-8-18(26)9-11-19)23(28)14-31-25(30)21-12-7-17-5-3-4-6-20(17)24(21)29/h3-13,29H,14H2,1-2H3. The summed E-state index contributed by atoms with van der Waals surface area (Å²) in [6.07, 6.45) is 0. The number of carbonyl (C=O) groups is 2. The number of halogens is 1. The van der Waals surface area contributed by atoms with Crippen molar-refractivity contribution in [2.75, 3.05) is 6.61 Å². The van der Waals surface area contributed by atoms with Gasteiger partial charge in [-0.05, 0) is 55.6 Å². The highest BCUT2D eigenvalue weighted by molar-refractivity contribution is 6.03. The van der Waals surface area contributed by atoms with E-state index < -0.39 is 12.6 Å². The topological polar surface area (TPSA) is 68.5 Å². The third-order valence-corrected chi connectivity index (χ3v) is 5.27. The number of fused-ring (bicyclic) bond motifs is 1. The Balaban J connectivity index is 1.53. The first-order chi connectivity index (χ1) is 14.9. The molecule has 0 aliphatic rings. The third-order valence-electron chi connectivity index (χ3n) is 5.27. The van der Waals surface area contributed by atoms with Crippen molar-refractivity contribution in [1.29, 1.82) is 0 Å². The predicted molar refractivity (Wildman–Crippen MR) is 115 cm³/mol. The van der Waals surface area contributed by atoms with Crippen molar-refractivity contribution in [2.24, 2.45) is 0 Å². The number of ketones is 1. The van der Waals surface area contributed by atoms with Gasteiger partial charge in [0.2, 0.25) is 5.78 Å². The van der Waals surface area contributed by atoms with E-state index in [1.807, 2.05) is 23.6 Å². The molecule has 31 heavy (non-hydrogen) atoms. The number of hydrogen-bond donors (Lipinski definition) is 1. The molecule has 1 aromatic heterocycles. The van der Waals surface area contributed by atoms with Crippen LogP contribution in [0.3, 0.4) is 0 Å². The summed E-state index contributed by atoms with van der Waals surface area (Å²) in [7, 11) is 0. The lowest BCUT2D eigenvalue weighted by Gasteiger charge is -2.10. The predicted octanol–water partition coefficient (Wildman–Crippen LogP) is 5.13. The second-order valence-corrected chi connectivity index (χ2v) is 7.28. The van der Waals surface area contributed by atoms with E-state index >= 15 is 0 Å². The number of aromatic nitrogens is 1. The number of aromatic hydroxyl groups is 1. The van der Waals surface area contributed by atoms with Gasteiger partial charge in [-0.15, -0.1) is 0 Å². The maximum atomic E-state index is 13.2. The molecule has 4 rings (SSSR count). The van der Waals surface area contributed by atoms with Crippen LogP contribution in [0.4, 0.5) is 4.39 Å². The third kappa shape index (κ3) is 3.80. The van der Waals surface area contributed by atoms with E-state index in [0.717, 1.165) is 16.8 Å². The summed E-state index contributed by atoms with van der Waals surface area (Å²) in [6, 6.07) is 18.0. The Hall–Kier alpha value is -3.93. The fourth-order valence-corrected chi connectivity index (χ4v) is 3.74. The number of benzene rings is 3. The van der Waals surface area contributed by atoms with Gasteiger partial charge in [-0.1, -0.05) is 30.3 Å². The van der Waals surface area contributed by atoms with Crippen LogP contribution in [0.2, 0.25) is 0 Å². The van der Waals surface area contributed by atoms with E-state index in [1.165, 1.54) is 18.2 Å². The summed E-state index contributed by atoms with van der Waals surface area (Å²) >= 11 is 0. The lowest BCUT2D eigenvalue weighted by molar-refractivity contribution is 0.0472. The minimum Gasteiger partial charge on any atom is -0.506 e. The number of Topliss-reactive ketones (excluding diaryl/α,β-unsaturated/α-hetero) is 1. The van der Waals surface area contributed by atoms with E-state index in [2.05, 4.69) is 0 Å². The largest absolute Gasteiger partial charge is 0.506 e. The number of ether oxygens (including phenoxy) is 1. The molecule has 156 valence electrons. The lowest BCUT2D eigenvalue weighted by atomic mass is 10.1. The SMILES string of the molecule is Cc1cc(C(=O)COC(=O)c2ccc3ccccc3c2O)c(C)n1-c1ccc(F)cc1. The van der Waals surface area contributed by atoms with Crippen molar-refractivity contribution in [3.05, 3.63) is 95.1 Å². The summed E-state index contributed by atoms with van der Waals surface area (Å²) in [5.41, 5.74) is 2.61. The number of rotatable bonds is 5. The Labute approximate surface area is 178 Å². The minimum absolute atomic E-state index is 0.00304. The van der Waals surface area contributed by atoms with Crippen molar-refractivity contribution in [2.45, 2.75) is 13.8 Å². The molecule has 0 unspecified atom stereocenters. The highest BCUT2D eigenvalue weighted by Gasteiger charge is 2.20. The highest BCUT2D eigenvalue weighted by atomic mass is 19.1. The Kier molecular flexibility index (Phi) is 5.29. The Morgan fingerprint density at radius 2 is 1.68 bits per heavy atom. The van der Waals surface area contributed by atoms with Crippen molar-refractivity contribution >= 4 is 22.5 Å². The summed E-state index contributed by atoms with van der Waals surface area (Å²) in [4.78, 5) is 25.2. The molecule has 1 N–H and O–H groups in total. The average Bonchev–Trinajstić information content (AvgIpc) is 3.07. The molecule has 3 aromatic carbocycles. The van der Waals surface area contributed by atoms with Crippen LogP contribution in [0.5, 0.6) is 5.75 Å². The van der Waals surface area contributed by atoms with Crippen LogP contribution in [-0.2, 0) is 4.74 Å². The Bertz CT molecular complexity index is 1310. The van der Waals surface area contributed by atoms with Crippen LogP contribution in [0.25, 0.3) is 16.5 Å². The number of esters is 1. The van der Waals surface area contributed by atoms with Crippen LogP contribution in [0.1, 0.15) is 32.1 Å². The molecule has 6 heteroatoms. The molecular formula is C25H20FNO4. The zero-order chi connectivity index (χ0) is 22.1. The number of nitrogens with zero attached hydrogens (tertiary/aromatic N) is 1. The molecule has 0 atom stereocenters. The molecule has 0 amide bonds. The molecule has 0 saturated carbocycles. The van der Waals surface area contributed by atoms with Gasteiger partial charge in [0.15, 0.2) is 6.61 Å². The first-order valence-electron chi connectivity index (χ1n) is 9.72. The summed E-state index contributed by atoms with van der Waals surface area (Å²) in [5, 5.41) is 11.7. The smallest absolute Gasteiger partial charge is 0.342 e. The van der Waals surface area contributed by atoms with Crippen LogP contribution in [0, 0.1) is 19.7 Å². The van der Waals surface area contributed by atoms with Gasteiger partial charge in [-0.3, -0.25) is 4.79 Å². The van der Waals surface area contributed by atoms with Crippen molar-refractivity contribution in [1.82, 2.24) is 4.57 Å². The first kappa shape index (κ1) is 20.3. The number of hydrogen-bond acceptors (Lipinski definition) is 4. The Morgan fingerprint density at radius 3 is 2.42 bits per heavy atom. The van der Waals surface area contributed by atoms with Gasteiger partial charge < -0.3 is 14.4 Å². The van der Waals surface area contributed by atoms with Gasteiger partial charge in [0.25, 0.3) is 0 Å². The normalized spacial score (nSPS) is 10.9. The second-order valence-electron chi connectivity index (χ2n) is 7.28. The van der Waals surface area contributed by atoms with Crippen LogP contribution < -0.4 is 0 Å². The van der Waals surface area contributed by atoms with Gasteiger partial charge in [0, 0.05) is 28.0 Å². The summed E-state index contributed by atoms with van der Waals surface area (Å²) < 4.78 is 20.3. The van der Waals surface area contributed by atoms with Gasteiger partial charge in [-0.25, -0.2) is 9.18 Å². The molecule has 0 spiro atoms. The summed E-state index contributed by atoms with van der Waals surface area (Å²) in [5.74, 6) is -1.66. The molecule has 0 aliphatic carbocycles. The number of phenols is 1. The van der Waals surface area contributed by atoms with Crippen LogP contribution >= 0.6 is 0 Å². The van der Waals surface area contributed by atoms with Crippen LogP contribution in [-0.4, -0.2) is 28.0 Å². The molecule has 5 nitrogen and oxygen atoms in total. The molecular weight excluding hydrogens is 397 g/mol. The van der Waals surface area contributed by atoms with E-state index in [1.54, 1.807) is 43.3 Å². The zero-order valence-corrected chi connectivity index (χ0v) is 17.1. The zero-order valence-electron chi connectivity index (χ0n) is 17.1. The van der Waals surface area contributed by atoms with Gasteiger partial charge in [-0.2, -0.15) is 0 Å². The quantitative estimate of drug-likeness (QED) is 0.361. The Morgan fingerprint density at radius 1 is 0.968 bits per heavy atom. The molecule has 0 fully saturated rings. The maximum Gasteiger partial charge on any atom is 0.342 e. The van der Waals surface area contributed by atoms with Crippen molar-refractivity contribution < 1.29 is 23.8 Å². The lowest BCUT2D eigenvalue weighted by Crippen LogP contribution is -2.15. The monoisotopic (exact) mass is 417 g/mol. The first-order valence-corrected chi connectivity index (χ1v) is 9.72. The number of aryl methyl sites for hydroxylation is 1. The fraction of sp³-hybridized carbons (Fsp3) is 0.120. The van der Waals surface area contributed by atoms with E-state index in [9.17, 15) is 19.1 Å². The van der Waals surface area contributed by atoms with E-state index in [0.29, 0.717) is 16.6 Å². The van der Waals surface area contributed by atoms with Gasteiger partial charge in [0.1, 0.15) is 17.1 Å². The molecule has 0 radical (unpaired) electrons. The van der Waals surface area contributed by atoms with Gasteiger partial charge >= 0.3 is 5.97 Å². The van der Waals surface area contributed by atoms with Gasteiger partial charge in [0.05, 0.1) is 0 Å². The van der Waals surface area contributed by atoms with E-state index in [4.69, 9.17) is 4.74 Å². The number of carbonyl (C=O) groups excluding carboxylic acids is 2. The number of phenolic OH excluding ortho intramolecular Hbond substituents is 1. The molecule has 0 bridgehead atoms. The van der Waals surface area contributed by atoms with Crippen molar-refractivity contribution in [3.8, 4) is 11.4 Å². The minimum atomic E-state index is -0.774. The van der Waals surface area contributed by atoms with Crippen molar-refractivity contribution in [3.63, 3.8) is 0 Å². The van der Waals surface area contributed by atoms with Crippen LogP contribution in [0.15, 0.2) is 66.7 Å². The molecule has 0 saturated heterocycles. The maximum absolute atomic E-state index is 13.2.